The molecule has 0 heterocycles. The molecule has 0 aromatic heterocycles. The van der Waals surface area contributed by atoms with Crippen LogP contribution in [0.1, 0.15) is 65.2 Å². The highest BCUT2D eigenvalue weighted by Gasteiger charge is 2.56. The van der Waals surface area contributed by atoms with Crippen molar-refractivity contribution in [2.75, 3.05) is 0 Å². The summed E-state index contributed by atoms with van der Waals surface area (Å²) in [6.07, 6.45) is 15.2. The van der Waals surface area contributed by atoms with Crippen LogP contribution in [-0.4, -0.2) is 22.6 Å². The van der Waals surface area contributed by atoms with Gasteiger partial charge in [-0.25, -0.2) is 0 Å². The Morgan fingerprint density at radius 3 is 2.67 bits per heavy atom. The maximum absolute atomic E-state index is 10.1. The number of rotatable bonds is 1. The van der Waals surface area contributed by atoms with Gasteiger partial charge in [0.25, 0.3) is 0 Å². The number of hydrogen-bond donors (Lipinski definition) is 2. The molecule has 4 aliphatic rings. The third-order valence-corrected chi connectivity index (χ3v) is 8.27. The predicted molar refractivity (Wildman–Crippen MR) is 96.1 cm³/mol. The third-order valence-electron chi connectivity index (χ3n) is 8.27. The fourth-order valence-corrected chi connectivity index (χ4v) is 6.89. The average Bonchev–Trinajstić information content (AvgIpc) is 2.90. The number of allylic oxidation sites excluding steroid dienone is 3. The van der Waals surface area contributed by atoms with Gasteiger partial charge in [-0.2, -0.15) is 0 Å². The Morgan fingerprint density at radius 1 is 1.12 bits per heavy atom. The molecule has 3 nitrogen and oxygen atoms in total. The first-order valence-corrected chi connectivity index (χ1v) is 9.73. The van der Waals surface area contributed by atoms with Crippen LogP contribution in [0.3, 0.4) is 0 Å². The molecule has 6 atom stereocenters. The molecule has 3 fully saturated rings. The highest BCUT2D eigenvalue weighted by molar-refractivity contribution is 5.72. The summed E-state index contributed by atoms with van der Waals surface area (Å²) < 4.78 is 0. The monoisotopic (exact) mass is 329 g/mol. The van der Waals surface area contributed by atoms with Crippen LogP contribution in [0.2, 0.25) is 0 Å². The summed E-state index contributed by atoms with van der Waals surface area (Å²) in [5.74, 6) is 2.33. The summed E-state index contributed by atoms with van der Waals surface area (Å²) in [7, 11) is 0. The lowest BCUT2D eigenvalue weighted by molar-refractivity contribution is -0.0267. The first-order valence-electron chi connectivity index (χ1n) is 9.73. The number of nitrogens with zero attached hydrogens (tertiary/aromatic N) is 1. The standard InChI is InChI=1S/C21H31NO2/c1-20-11-8-19-17(18(20)6-4-14(20)9-12-22-24)5-3-15-13-16(23)7-10-21(15,19)2/h3,9,12,16-19,23-24H,4-8,10-11,13H2,1-2H3/b14-9+,22-12-/t16-,17-,18-,19-,20+,21-/m0/s1. The van der Waals surface area contributed by atoms with E-state index in [2.05, 4.69) is 31.2 Å². The summed E-state index contributed by atoms with van der Waals surface area (Å²) >= 11 is 0. The zero-order valence-corrected chi connectivity index (χ0v) is 15.0. The van der Waals surface area contributed by atoms with Crippen molar-refractivity contribution in [3.8, 4) is 0 Å². The van der Waals surface area contributed by atoms with E-state index in [1.54, 1.807) is 11.8 Å². The Bertz CT molecular complexity index is 607. The molecule has 4 aliphatic carbocycles. The highest BCUT2D eigenvalue weighted by atomic mass is 16.4. The van der Waals surface area contributed by atoms with E-state index in [0.717, 1.165) is 43.4 Å². The number of aliphatic hydroxyl groups is 1. The zero-order chi connectivity index (χ0) is 16.9. The number of hydrogen-bond acceptors (Lipinski definition) is 3. The second-order valence-electron chi connectivity index (χ2n) is 9.11. The van der Waals surface area contributed by atoms with Gasteiger partial charge in [-0.15, -0.1) is 0 Å². The van der Waals surface area contributed by atoms with Gasteiger partial charge in [0.05, 0.1) is 12.3 Å². The minimum absolute atomic E-state index is 0.117. The molecule has 0 bridgehead atoms. The first-order chi connectivity index (χ1) is 11.5. The summed E-state index contributed by atoms with van der Waals surface area (Å²) in [4.78, 5) is 0. The molecule has 0 aromatic rings. The van der Waals surface area contributed by atoms with Crippen LogP contribution >= 0.6 is 0 Å². The van der Waals surface area contributed by atoms with Gasteiger partial charge in [0, 0.05) is 0 Å². The normalized spacial score (nSPS) is 49.6. The van der Waals surface area contributed by atoms with Crippen molar-refractivity contribution >= 4 is 6.21 Å². The van der Waals surface area contributed by atoms with Crippen LogP contribution in [-0.2, 0) is 0 Å². The van der Waals surface area contributed by atoms with E-state index in [1.165, 1.54) is 31.3 Å². The SMILES string of the molecule is C[C@]12CC[C@H](O)CC1=CC[C@@H]1[C@@H]2CC[C@]2(C)/C(=C/C=N\O)CC[C@@H]12. The molecule has 2 N–H and O–H groups in total. The third kappa shape index (κ3) is 2.23. The quantitative estimate of drug-likeness (QED) is 0.317. The smallest absolute Gasteiger partial charge is 0.0661 e. The van der Waals surface area contributed by atoms with Gasteiger partial charge in [0.15, 0.2) is 0 Å². The Hall–Kier alpha value is -1.09. The number of aliphatic hydroxyl groups excluding tert-OH is 1. The summed E-state index contributed by atoms with van der Waals surface area (Å²) in [5, 5.41) is 22.0. The van der Waals surface area contributed by atoms with E-state index < -0.39 is 0 Å². The lowest BCUT2D eigenvalue weighted by Gasteiger charge is -2.57. The van der Waals surface area contributed by atoms with Crippen molar-refractivity contribution in [3.05, 3.63) is 23.3 Å². The summed E-state index contributed by atoms with van der Waals surface area (Å²) in [5.41, 5.74) is 3.65. The summed E-state index contributed by atoms with van der Waals surface area (Å²) in [6.45, 7) is 4.93. The zero-order valence-electron chi connectivity index (χ0n) is 15.0. The maximum Gasteiger partial charge on any atom is 0.0661 e. The van der Waals surface area contributed by atoms with Gasteiger partial charge >= 0.3 is 0 Å². The van der Waals surface area contributed by atoms with E-state index >= 15 is 0 Å². The summed E-state index contributed by atoms with van der Waals surface area (Å²) in [6, 6.07) is 0. The fraction of sp³-hybridized carbons (Fsp3) is 0.762. The molecule has 0 unspecified atom stereocenters. The highest BCUT2D eigenvalue weighted by Crippen LogP contribution is 2.66. The van der Waals surface area contributed by atoms with E-state index in [-0.39, 0.29) is 11.5 Å². The Balaban J connectivity index is 1.65. The van der Waals surface area contributed by atoms with Gasteiger partial charge in [-0.1, -0.05) is 36.2 Å². The van der Waals surface area contributed by atoms with Crippen LogP contribution in [0.25, 0.3) is 0 Å². The van der Waals surface area contributed by atoms with Crippen LogP contribution in [0.15, 0.2) is 28.5 Å². The van der Waals surface area contributed by atoms with Crippen LogP contribution in [0, 0.1) is 28.6 Å². The van der Waals surface area contributed by atoms with Gasteiger partial charge in [-0.05, 0) is 86.0 Å². The number of fused-ring (bicyclic) bond motifs is 5. The minimum Gasteiger partial charge on any atom is -0.411 e. The molecule has 0 amide bonds. The van der Waals surface area contributed by atoms with Crippen LogP contribution in [0.5, 0.6) is 0 Å². The van der Waals surface area contributed by atoms with Crippen molar-refractivity contribution in [1.29, 1.82) is 0 Å². The molecule has 24 heavy (non-hydrogen) atoms. The molecule has 0 radical (unpaired) electrons. The minimum atomic E-state index is -0.117. The van der Waals surface area contributed by atoms with E-state index in [4.69, 9.17) is 5.21 Å². The molecule has 0 aliphatic heterocycles. The first kappa shape index (κ1) is 16.4. The fourth-order valence-electron chi connectivity index (χ4n) is 6.89. The maximum atomic E-state index is 10.1. The lowest BCUT2D eigenvalue weighted by atomic mass is 9.48. The second kappa shape index (κ2) is 5.72. The molecule has 3 heteroatoms. The van der Waals surface area contributed by atoms with Gasteiger partial charge < -0.3 is 10.3 Å². The second-order valence-corrected chi connectivity index (χ2v) is 9.11. The van der Waals surface area contributed by atoms with Crippen molar-refractivity contribution in [1.82, 2.24) is 0 Å². The topological polar surface area (TPSA) is 52.8 Å². The molecule has 0 saturated heterocycles. The molecular weight excluding hydrogens is 298 g/mol. The Morgan fingerprint density at radius 2 is 1.88 bits per heavy atom. The van der Waals surface area contributed by atoms with Crippen molar-refractivity contribution < 1.29 is 10.3 Å². The lowest BCUT2D eigenvalue weighted by Crippen LogP contribution is -2.49. The van der Waals surface area contributed by atoms with Crippen LogP contribution < -0.4 is 0 Å². The molecule has 0 aromatic carbocycles. The van der Waals surface area contributed by atoms with E-state index in [0.29, 0.717) is 5.41 Å². The van der Waals surface area contributed by atoms with Crippen LogP contribution in [0.4, 0.5) is 0 Å². The van der Waals surface area contributed by atoms with E-state index in [9.17, 15) is 5.11 Å². The van der Waals surface area contributed by atoms with E-state index in [1.807, 2.05) is 0 Å². The number of oxime groups is 1. The molecule has 0 spiro atoms. The van der Waals surface area contributed by atoms with Gasteiger partial charge in [0.2, 0.25) is 0 Å². The van der Waals surface area contributed by atoms with Gasteiger partial charge in [0.1, 0.15) is 0 Å². The Kier molecular flexibility index (Phi) is 3.91. The average molecular weight is 329 g/mol. The molecule has 3 saturated carbocycles. The Labute approximate surface area is 145 Å². The van der Waals surface area contributed by atoms with Crippen molar-refractivity contribution in [3.63, 3.8) is 0 Å². The predicted octanol–water partition coefficient (Wildman–Crippen LogP) is 4.70. The van der Waals surface area contributed by atoms with Crippen molar-refractivity contribution in [2.24, 2.45) is 33.7 Å². The van der Waals surface area contributed by atoms with Crippen molar-refractivity contribution in [2.45, 2.75) is 71.3 Å². The molecule has 132 valence electrons. The molecular formula is C21H31NO2. The van der Waals surface area contributed by atoms with Gasteiger partial charge in [-0.3, -0.25) is 0 Å². The molecule has 4 rings (SSSR count). The largest absolute Gasteiger partial charge is 0.411 e.